The normalized spacial score (nSPS) is 13.9. The van der Waals surface area contributed by atoms with E-state index in [2.05, 4.69) is 16.4 Å². The van der Waals surface area contributed by atoms with Crippen molar-refractivity contribution in [1.82, 2.24) is 15.0 Å². The van der Waals surface area contributed by atoms with Gasteiger partial charge in [-0.05, 0) is 37.7 Å². The minimum atomic E-state index is -0.299. The number of nitrogens with two attached hydrogens (primary N) is 1. The molecule has 1 aliphatic carbocycles. The van der Waals surface area contributed by atoms with Crippen LogP contribution in [-0.2, 0) is 4.79 Å². The van der Waals surface area contributed by atoms with Gasteiger partial charge in [0.1, 0.15) is 4.83 Å². The Bertz CT molecular complexity index is 1140. The molecule has 0 atom stereocenters. The predicted octanol–water partition coefficient (Wildman–Crippen LogP) is 3.94. The van der Waals surface area contributed by atoms with Gasteiger partial charge < -0.3 is 11.2 Å². The number of carbonyl (C=O) groups excluding carboxylic acids is 1. The van der Waals surface area contributed by atoms with Crippen LogP contribution in [0.25, 0.3) is 21.3 Å². The molecule has 3 N–H and O–H groups in total. The van der Waals surface area contributed by atoms with E-state index in [0.29, 0.717) is 21.9 Å². The second-order valence-corrected chi connectivity index (χ2v) is 9.06. The zero-order chi connectivity index (χ0) is 20.9. The molecule has 8 heteroatoms. The van der Waals surface area contributed by atoms with E-state index in [9.17, 15) is 9.59 Å². The molecule has 30 heavy (non-hydrogen) atoms. The van der Waals surface area contributed by atoms with E-state index in [4.69, 9.17) is 5.84 Å². The number of thiophene rings is 1. The Morgan fingerprint density at radius 2 is 2.10 bits per heavy atom. The number of allylic oxidation sites excluding steroid dienone is 1. The number of nitrogens with one attached hydrogen (secondary N) is 1. The summed E-state index contributed by atoms with van der Waals surface area (Å²) in [5.41, 5.74) is 2.92. The van der Waals surface area contributed by atoms with Gasteiger partial charge in [0.25, 0.3) is 5.56 Å². The number of nitrogen functional groups attached to an aromatic ring is 1. The highest BCUT2D eigenvalue weighted by molar-refractivity contribution is 7.99. The van der Waals surface area contributed by atoms with Crippen LogP contribution in [0.4, 0.5) is 0 Å². The van der Waals surface area contributed by atoms with E-state index in [1.165, 1.54) is 41.5 Å². The average Bonchev–Trinajstić information content (AvgIpc) is 3.21. The summed E-state index contributed by atoms with van der Waals surface area (Å²) in [6, 6.07) is 9.71. The summed E-state index contributed by atoms with van der Waals surface area (Å²) < 4.78 is 1.05. The summed E-state index contributed by atoms with van der Waals surface area (Å²) >= 11 is 2.59. The van der Waals surface area contributed by atoms with Crippen LogP contribution in [-0.4, -0.2) is 27.9 Å². The van der Waals surface area contributed by atoms with Gasteiger partial charge in [0.2, 0.25) is 5.91 Å². The van der Waals surface area contributed by atoms with Gasteiger partial charge in [-0.1, -0.05) is 53.7 Å². The molecular formula is C22H24N4O2S2. The maximum atomic E-state index is 12.9. The molecule has 156 valence electrons. The molecular weight excluding hydrogens is 416 g/mol. The number of fused-ring (bicyclic) bond motifs is 1. The third kappa shape index (κ3) is 4.60. The summed E-state index contributed by atoms with van der Waals surface area (Å²) in [6.45, 7) is 0.637. The number of carbonyl (C=O) groups is 1. The second kappa shape index (κ2) is 9.49. The van der Waals surface area contributed by atoms with Crippen LogP contribution in [0.1, 0.15) is 32.1 Å². The largest absolute Gasteiger partial charge is 0.355 e. The number of nitrogens with zero attached hydrogens (tertiary/aromatic N) is 2. The number of amides is 1. The fourth-order valence-electron chi connectivity index (χ4n) is 3.59. The fourth-order valence-corrected chi connectivity index (χ4v) is 5.33. The van der Waals surface area contributed by atoms with Gasteiger partial charge in [0.05, 0.1) is 11.1 Å². The molecule has 0 bridgehead atoms. The van der Waals surface area contributed by atoms with E-state index in [-0.39, 0.29) is 17.2 Å². The lowest BCUT2D eigenvalue weighted by molar-refractivity contribution is -0.118. The van der Waals surface area contributed by atoms with Crippen molar-refractivity contribution >= 4 is 39.2 Å². The lowest BCUT2D eigenvalue weighted by Crippen LogP contribution is -2.31. The van der Waals surface area contributed by atoms with Gasteiger partial charge in [-0.2, -0.15) is 0 Å². The maximum absolute atomic E-state index is 12.9. The van der Waals surface area contributed by atoms with Crippen LogP contribution in [0.15, 0.2) is 57.3 Å². The van der Waals surface area contributed by atoms with Crippen LogP contribution in [0, 0.1) is 0 Å². The lowest BCUT2D eigenvalue weighted by atomic mass is 9.97. The Kier molecular flexibility index (Phi) is 6.54. The smallest absolute Gasteiger partial charge is 0.282 e. The van der Waals surface area contributed by atoms with Crippen molar-refractivity contribution in [3.63, 3.8) is 0 Å². The molecule has 4 rings (SSSR count). The zero-order valence-electron chi connectivity index (χ0n) is 16.6. The first-order valence-corrected chi connectivity index (χ1v) is 11.9. The van der Waals surface area contributed by atoms with Crippen molar-refractivity contribution in [3.05, 3.63) is 57.7 Å². The van der Waals surface area contributed by atoms with E-state index in [1.807, 2.05) is 35.7 Å². The molecule has 2 aromatic heterocycles. The highest BCUT2D eigenvalue weighted by atomic mass is 32.2. The van der Waals surface area contributed by atoms with Crippen molar-refractivity contribution < 1.29 is 4.79 Å². The highest BCUT2D eigenvalue weighted by Crippen LogP contribution is 2.31. The molecule has 1 aliphatic rings. The molecule has 0 saturated heterocycles. The van der Waals surface area contributed by atoms with E-state index in [0.717, 1.165) is 35.1 Å². The second-order valence-electron chi connectivity index (χ2n) is 7.26. The maximum Gasteiger partial charge on any atom is 0.282 e. The highest BCUT2D eigenvalue weighted by Gasteiger charge is 2.17. The summed E-state index contributed by atoms with van der Waals surface area (Å²) in [5, 5.41) is 5.73. The number of aromatic nitrogens is 2. The molecule has 0 unspecified atom stereocenters. The third-order valence-electron chi connectivity index (χ3n) is 5.18. The minimum Gasteiger partial charge on any atom is -0.355 e. The Labute approximate surface area is 183 Å². The van der Waals surface area contributed by atoms with Gasteiger partial charge in [-0.15, -0.1) is 11.3 Å². The zero-order valence-corrected chi connectivity index (χ0v) is 18.2. The van der Waals surface area contributed by atoms with Crippen LogP contribution >= 0.6 is 23.1 Å². The van der Waals surface area contributed by atoms with Crippen LogP contribution in [0.3, 0.4) is 0 Å². The summed E-state index contributed by atoms with van der Waals surface area (Å²) in [4.78, 5) is 30.3. The Morgan fingerprint density at radius 3 is 2.87 bits per heavy atom. The van der Waals surface area contributed by atoms with E-state index in [1.54, 1.807) is 0 Å². The quantitative estimate of drug-likeness (QED) is 0.251. The van der Waals surface area contributed by atoms with Gasteiger partial charge in [-0.3, -0.25) is 9.59 Å². The Balaban J connectivity index is 1.42. The van der Waals surface area contributed by atoms with Crippen molar-refractivity contribution in [2.24, 2.45) is 0 Å². The number of hydrogen-bond donors (Lipinski definition) is 2. The van der Waals surface area contributed by atoms with Crippen molar-refractivity contribution in [2.45, 2.75) is 37.3 Å². The van der Waals surface area contributed by atoms with E-state index >= 15 is 0 Å². The third-order valence-corrected chi connectivity index (χ3v) is 7.00. The summed E-state index contributed by atoms with van der Waals surface area (Å²) in [7, 11) is 0. The molecule has 2 heterocycles. The van der Waals surface area contributed by atoms with Crippen molar-refractivity contribution in [1.29, 1.82) is 0 Å². The summed E-state index contributed by atoms with van der Waals surface area (Å²) in [5.74, 6) is 6.12. The molecule has 0 spiro atoms. The Hall–Kier alpha value is -2.58. The van der Waals surface area contributed by atoms with Crippen LogP contribution in [0.2, 0.25) is 0 Å². The number of hydrogen-bond acceptors (Lipinski definition) is 6. The molecule has 0 aliphatic heterocycles. The molecule has 0 radical (unpaired) electrons. The van der Waals surface area contributed by atoms with Crippen molar-refractivity contribution in [3.8, 4) is 11.1 Å². The topological polar surface area (TPSA) is 90.0 Å². The average molecular weight is 441 g/mol. The van der Waals surface area contributed by atoms with Gasteiger partial charge in [0.15, 0.2) is 5.16 Å². The van der Waals surface area contributed by atoms with E-state index < -0.39 is 0 Å². The first-order chi connectivity index (χ1) is 14.6. The standard InChI is InChI=1S/C22H24N4O2S2/c23-26-21(28)19-17(16-9-5-2-6-10-16)13-29-20(19)25-22(26)30-14-18(27)24-12-11-15-7-3-1-4-8-15/h2,5-7,9-10,13H,1,3-4,8,11-12,14,23H2,(H,24,27). The van der Waals surface area contributed by atoms with Gasteiger partial charge in [0, 0.05) is 17.5 Å². The Morgan fingerprint density at radius 1 is 1.27 bits per heavy atom. The molecule has 1 aromatic carbocycles. The first-order valence-electron chi connectivity index (χ1n) is 10.1. The van der Waals surface area contributed by atoms with Gasteiger partial charge >= 0.3 is 0 Å². The van der Waals surface area contributed by atoms with Crippen molar-refractivity contribution in [2.75, 3.05) is 18.1 Å². The predicted molar refractivity (Wildman–Crippen MR) is 124 cm³/mol. The fraction of sp³-hybridized carbons (Fsp3) is 0.318. The van der Waals surface area contributed by atoms with Crippen LogP contribution in [0.5, 0.6) is 0 Å². The first kappa shape index (κ1) is 20.7. The molecule has 3 aromatic rings. The van der Waals surface area contributed by atoms with Gasteiger partial charge in [-0.25, -0.2) is 9.66 Å². The van der Waals surface area contributed by atoms with Crippen LogP contribution < -0.4 is 16.7 Å². The number of rotatable bonds is 7. The summed E-state index contributed by atoms with van der Waals surface area (Å²) in [6.07, 6.45) is 7.99. The molecule has 1 amide bonds. The molecule has 0 fully saturated rings. The lowest BCUT2D eigenvalue weighted by Gasteiger charge is -2.13. The molecule has 0 saturated carbocycles. The minimum absolute atomic E-state index is 0.0816. The molecule has 6 nitrogen and oxygen atoms in total. The number of thioether (sulfide) groups is 1. The monoisotopic (exact) mass is 440 g/mol. The SMILES string of the molecule is Nn1c(SCC(=O)NCCC2=CCCCC2)nc2scc(-c3ccccc3)c2c1=O. The number of benzene rings is 1.